The van der Waals surface area contributed by atoms with E-state index in [0.29, 0.717) is 0 Å². The standard InChI is InChI=1S/C17H10ClS.3BrH.Zr/c18-17-10-15-14(6-3-7-16(15)19-17)13-8-11-4-1-2-5-12(11)9-13;;;;/h1-10H;3*1H;/q-1;;;;+4/p-3. The fourth-order valence-electron chi connectivity index (χ4n) is 2.59. The zero-order valence-corrected chi connectivity index (χ0v) is 20.5. The van der Waals surface area contributed by atoms with E-state index < -0.39 is 0 Å². The Morgan fingerprint density at radius 2 is 1.61 bits per heavy atom. The molecule has 0 aliphatic heterocycles. The maximum Gasteiger partial charge on any atom is 4.00 e. The smallest absolute Gasteiger partial charge is 1.00 e. The van der Waals surface area contributed by atoms with Gasteiger partial charge in [0.2, 0.25) is 0 Å². The topological polar surface area (TPSA) is 0 Å². The Bertz CT molecular complexity index is 868. The van der Waals surface area contributed by atoms with Gasteiger partial charge in [-0.15, -0.1) is 45.9 Å². The average Bonchev–Trinajstić information content (AvgIpc) is 2.99. The average molecular weight is 613 g/mol. The summed E-state index contributed by atoms with van der Waals surface area (Å²) in [6.07, 6.45) is 0. The van der Waals surface area contributed by atoms with Crippen molar-refractivity contribution in [2.24, 2.45) is 0 Å². The Hall–Kier alpha value is 0.623. The molecule has 23 heavy (non-hydrogen) atoms. The predicted octanol–water partition coefficient (Wildman–Crippen LogP) is -2.90. The van der Waals surface area contributed by atoms with E-state index in [1.807, 2.05) is 0 Å². The second kappa shape index (κ2) is 9.94. The Morgan fingerprint density at radius 3 is 2.35 bits per heavy atom. The molecule has 0 N–H and O–H groups in total. The van der Waals surface area contributed by atoms with Crippen LogP contribution in [0.4, 0.5) is 0 Å². The molecule has 6 heteroatoms. The first-order valence-electron chi connectivity index (χ1n) is 6.15. The summed E-state index contributed by atoms with van der Waals surface area (Å²) in [7, 11) is 0. The summed E-state index contributed by atoms with van der Waals surface area (Å²) in [6.45, 7) is 0. The van der Waals surface area contributed by atoms with Crippen LogP contribution >= 0.6 is 22.9 Å². The van der Waals surface area contributed by atoms with Crippen molar-refractivity contribution >= 4 is 43.8 Å². The van der Waals surface area contributed by atoms with Crippen LogP contribution in [0, 0.1) is 0 Å². The molecule has 0 amide bonds. The third-order valence-electron chi connectivity index (χ3n) is 3.46. The maximum absolute atomic E-state index is 6.14. The van der Waals surface area contributed by atoms with Gasteiger partial charge in [0.15, 0.2) is 0 Å². The quantitative estimate of drug-likeness (QED) is 0.203. The van der Waals surface area contributed by atoms with Crippen molar-refractivity contribution in [2.45, 2.75) is 0 Å². The molecule has 0 spiro atoms. The third-order valence-corrected chi connectivity index (χ3v) is 4.69. The van der Waals surface area contributed by atoms with Gasteiger partial charge in [-0.3, -0.25) is 0 Å². The van der Waals surface area contributed by atoms with Gasteiger partial charge in [0.1, 0.15) is 0 Å². The number of benzene rings is 2. The van der Waals surface area contributed by atoms with Crippen molar-refractivity contribution in [1.29, 1.82) is 0 Å². The van der Waals surface area contributed by atoms with Crippen molar-refractivity contribution in [1.82, 2.24) is 0 Å². The van der Waals surface area contributed by atoms with Gasteiger partial charge >= 0.3 is 26.2 Å². The van der Waals surface area contributed by atoms with Crippen molar-refractivity contribution < 1.29 is 77.1 Å². The van der Waals surface area contributed by atoms with Gasteiger partial charge in [-0.2, -0.15) is 0 Å². The molecule has 3 aromatic carbocycles. The zero-order chi connectivity index (χ0) is 12.8. The minimum atomic E-state index is 0. The maximum atomic E-state index is 6.14. The molecule has 0 saturated carbocycles. The van der Waals surface area contributed by atoms with Gasteiger partial charge in [0.25, 0.3) is 0 Å². The van der Waals surface area contributed by atoms with Crippen molar-refractivity contribution in [3.63, 3.8) is 0 Å². The van der Waals surface area contributed by atoms with E-state index in [-0.39, 0.29) is 77.1 Å². The fraction of sp³-hybridized carbons (Fsp3) is 0. The minimum absolute atomic E-state index is 0. The van der Waals surface area contributed by atoms with Crippen molar-refractivity contribution in [2.75, 3.05) is 0 Å². The van der Waals surface area contributed by atoms with Crippen molar-refractivity contribution in [3.8, 4) is 11.1 Å². The number of thiophene rings is 1. The number of fused-ring (bicyclic) bond motifs is 2. The molecular weight excluding hydrogens is 603 g/mol. The van der Waals surface area contributed by atoms with E-state index in [1.54, 1.807) is 11.3 Å². The van der Waals surface area contributed by atoms with E-state index in [0.717, 1.165) is 4.34 Å². The second-order valence-corrected chi connectivity index (χ2v) is 6.36. The molecule has 0 unspecified atom stereocenters. The SMILES string of the molecule is Clc1cc2c(-c3cc4ccccc4[cH-]3)cccc2s1.[Br-].[Br-].[Br-].[Zr+4]. The molecule has 0 nitrogen and oxygen atoms in total. The minimum Gasteiger partial charge on any atom is -1.00 e. The van der Waals surface area contributed by atoms with Gasteiger partial charge in [0.05, 0.1) is 4.34 Å². The van der Waals surface area contributed by atoms with E-state index in [9.17, 15) is 0 Å². The molecule has 0 fully saturated rings. The van der Waals surface area contributed by atoms with Crippen LogP contribution in [0.2, 0.25) is 4.34 Å². The molecular formula is C17H10Br3ClSZr. The zero-order valence-electron chi connectivity index (χ0n) is 11.7. The van der Waals surface area contributed by atoms with Gasteiger partial charge in [-0.05, 0) is 17.5 Å². The van der Waals surface area contributed by atoms with E-state index >= 15 is 0 Å². The van der Waals surface area contributed by atoms with E-state index in [1.165, 1.54) is 32.0 Å². The fourth-order valence-corrected chi connectivity index (χ4v) is 3.76. The normalized spacial score (nSPS) is 9.43. The van der Waals surface area contributed by atoms with Crippen LogP contribution in [-0.2, 0) is 26.2 Å². The Morgan fingerprint density at radius 1 is 0.870 bits per heavy atom. The van der Waals surface area contributed by atoms with Gasteiger partial charge in [-0.1, -0.05) is 47.5 Å². The van der Waals surface area contributed by atoms with Crippen molar-refractivity contribution in [3.05, 3.63) is 65.0 Å². The predicted molar refractivity (Wildman–Crippen MR) is 85.4 cm³/mol. The molecule has 4 aromatic rings. The number of hydrogen-bond acceptors (Lipinski definition) is 1. The Balaban J connectivity index is 0.00000121. The molecule has 0 radical (unpaired) electrons. The molecule has 116 valence electrons. The van der Waals surface area contributed by atoms with Crippen LogP contribution in [0.1, 0.15) is 0 Å². The summed E-state index contributed by atoms with van der Waals surface area (Å²) < 4.78 is 2.09. The third kappa shape index (κ3) is 4.62. The molecule has 0 atom stereocenters. The summed E-state index contributed by atoms with van der Waals surface area (Å²) in [5, 5.41) is 3.82. The largest absolute Gasteiger partial charge is 4.00 e. The van der Waals surface area contributed by atoms with Crippen LogP contribution in [0.5, 0.6) is 0 Å². The van der Waals surface area contributed by atoms with Crippen LogP contribution in [-0.4, -0.2) is 0 Å². The first-order chi connectivity index (χ1) is 9.31. The monoisotopic (exact) mass is 608 g/mol. The van der Waals surface area contributed by atoms with Crippen LogP contribution in [0.15, 0.2) is 60.7 Å². The van der Waals surface area contributed by atoms with E-state index in [4.69, 9.17) is 11.6 Å². The molecule has 0 aliphatic carbocycles. The summed E-state index contributed by atoms with van der Waals surface area (Å²) in [4.78, 5) is 0. The first-order valence-corrected chi connectivity index (χ1v) is 7.35. The molecule has 0 saturated heterocycles. The van der Waals surface area contributed by atoms with Crippen LogP contribution in [0.3, 0.4) is 0 Å². The second-order valence-electron chi connectivity index (χ2n) is 4.64. The summed E-state index contributed by atoms with van der Waals surface area (Å²) in [6, 6.07) is 21.4. The summed E-state index contributed by atoms with van der Waals surface area (Å²) in [5.41, 5.74) is 2.53. The van der Waals surface area contributed by atoms with Crippen LogP contribution < -0.4 is 50.9 Å². The Labute approximate surface area is 195 Å². The molecule has 0 bridgehead atoms. The summed E-state index contributed by atoms with van der Waals surface area (Å²) in [5.74, 6) is 0. The van der Waals surface area contributed by atoms with Gasteiger partial charge in [0, 0.05) is 4.70 Å². The number of hydrogen-bond donors (Lipinski definition) is 0. The molecule has 1 heterocycles. The van der Waals surface area contributed by atoms with Crippen LogP contribution in [0.25, 0.3) is 32.0 Å². The number of halogens is 4. The van der Waals surface area contributed by atoms with Gasteiger partial charge in [-0.25, -0.2) is 0 Å². The first kappa shape index (κ1) is 23.6. The molecule has 4 rings (SSSR count). The molecule has 0 aliphatic rings. The summed E-state index contributed by atoms with van der Waals surface area (Å²) >= 11 is 7.77. The van der Waals surface area contributed by atoms with E-state index in [2.05, 4.69) is 60.7 Å². The number of rotatable bonds is 1. The Kier molecular flexibility index (Phi) is 10.2. The van der Waals surface area contributed by atoms with Gasteiger partial charge < -0.3 is 50.9 Å². The molecule has 1 aromatic heterocycles.